The van der Waals surface area contributed by atoms with E-state index in [4.69, 9.17) is 9.47 Å². The molecule has 0 heterocycles. The predicted molar refractivity (Wildman–Crippen MR) is 156 cm³/mol. The highest BCUT2D eigenvalue weighted by molar-refractivity contribution is 14.1. The van der Waals surface area contributed by atoms with Gasteiger partial charge in [0.1, 0.15) is 18.1 Å². The molecule has 4 aromatic carbocycles. The van der Waals surface area contributed by atoms with Gasteiger partial charge in [0.2, 0.25) is 0 Å². The molecule has 0 saturated carbocycles. The highest BCUT2D eigenvalue weighted by Gasteiger charge is 2.11. The number of amides is 1. The number of nitrogens with one attached hydrogen (secondary N) is 1. The molecule has 0 unspecified atom stereocenters. The molecular weight excluding hydrogens is 722 g/mol. The summed E-state index contributed by atoms with van der Waals surface area (Å²) in [5, 5.41) is 6.47. The Bertz CT molecular complexity index is 1360. The molecular formula is C26H19BrI2N2O3. The largest absolute Gasteiger partial charge is 0.496 e. The number of benzene rings is 4. The molecule has 0 aliphatic heterocycles. The van der Waals surface area contributed by atoms with E-state index in [1.54, 1.807) is 25.5 Å². The molecule has 5 nitrogen and oxygen atoms in total. The average molecular weight is 741 g/mol. The van der Waals surface area contributed by atoms with Crippen LogP contribution in [0.3, 0.4) is 0 Å². The number of hydrazone groups is 1. The minimum atomic E-state index is -0.310. The van der Waals surface area contributed by atoms with Crippen molar-refractivity contribution in [1.29, 1.82) is 0 Å². The number of nitrogens with zero attached hydrogens (tertiary/aromatic N) is 1. The average Bonchev–Trinajstić information content (AvgIpc) is 2.84. The number of carbonyl (C=O) groups excluding carboxylic acids is 1. The summed E-state index contributed by atoms with van der Waals surface area (Å²) in [4.78, 5) is 12.4. The first-order chi connectivity index (χ1) is 16.5. The van der Waals surface area contributed by atoms with E-state index < -0.39 is 0 Å². The predicted octanol–water partition coefficient (Wildman–Crippen LogP) is 7.16. The molecule has 0 atom stereocenters. The lowest BCUT2D eigenvalue weighted by Gasteiger charge is -2.13. The van der Waals surface area contributed by atoms with Crippen LogP contribution >= 0.6 is 61.1 Å². The maximum Gasteiger partial charge on any atom is 0.271 e. The van der Waals surface area contributed by atoms with E-state index in [1.807, 2.05) is 36.4 Å². The Balaban J connectivity index is 1.44. The van der Waals surface area contributed by atoms with Gasteiger partial charge in [-0.25, -0.2) is 5.43 Å². The SMILES string of the molecule is COc1cc(C(=O)N/N=C\c2cc(Br)c(OCc3cccc4ccccc34)c(I)c2)ccc1I. The normalized spacial score (nSPS) is 11.1. The van der Waals surface area contributed by atoms with Crippen molar-refractivity contribution in [1.82, 2.24) is 5.43 Å². The van der Waals surface area contributed by atoms with Crippen molar-refractivity contribution in [3.05, 3.63) is 101 Å². The van der Waals surface area contributed by atoms with Crippen molar-refractivity contribution in [2.24, 2.45) is 5.10 Å². The van der Waals surface area contributed by atoms with Crippen molar-refractivity contribution in [3.63, 3.8) is 0 Å². The molecule has 4 aromatic rings. The number of rotatable bonds is 7. The number of fused-ring (bicyclic) bond motifs is 1. The van der Waals surface area contributed by atoms with E-state index in [0.29, 0.717) is 17.9 Å². The standard InChI is InChI=1S/C26H19BrI2N2O3/c1-33-24-13-18(9-10-22(24)28)26(32)31-30-14-16-11-21(27)25(23(29)12-16)34-15-19-7-4-6-17-5-2-3-8-20(17)19/h2-14H,15H2,1H3,(H,31,32)/b30-14-. The molecule has 0 aromatic heterocycles. The second-order valence-corrected chi connectivity index (χ2v) is 10.5. The van der Waals surface area contributed by atoms with Gasteiger partial charge in [0.25, 0.3) is 5.91 Å². The topological polar surface area (TPSA) is 59.9 Å². The summed E-state index contributed by atoms with van der Waals surface area (Å²) in [6.07, 6.45) is 1.60. The fraction of sp³-hybridized carbons (Fsp3) is 0.0769. The third-order valence-corrected chi connectivity index (χ3v) is 7.35. The van der Waals surface area contributed by atoms with Gasteiger partial charge in [0.15, 0.2) is 0 Å². The molecule has 1 amide bonds. The van der Waals surface area contributed by atoms with Crippen LogP contribution in [-0.4, -0.2) is 19.2 Å². The van der Waals surface area contributed by atoms with E-state index in [1.165, 1.54) is 10.8 Å². The Morgan fingerprint density at radius 1 is 1.03 bits per heavy atom. The van der Waals surface area contributed by atoms with Crippen LogP contribution in [0.25, 0.3) is 10.8 Å². The van der Waals surface area contributed by atoms with Crippen LogP contribution in [-0.2, 0) is 6.61 Å². The van der Waals surface area contributed by atoms with E-state index in [0.717, 1.165) is 28.5 Å². The number of methoxy groups -OCH3 is 1. The number of hydrogen-bond acceptors (Lipinski definition) is 4. The quantitative estimate of drug-likeness (QED) is 0.124. The Labute approximate surface area is 233 Å². The highest BCUT2D eigenvalue weighted by Crippen LogP contribution is 2.33. The monoisotopic (exact) mass is 740 g/mol. The fourth-order valence-electron chi connectivity index (χ4n) is 3.39. The molecule has 34 heavy (non-hydrogen) atoms. The first-order valence-corrected chi connectivity index (χ1v) is 13.2. The Morgan fingerprint density at radius 3 is 2.62 bits per heavy atom. The molecule has 8 heteroatoms. The van der Waals surface area contributed by atoms with Crippen LogP contribution in [0.5, 0.6) is 11.5 Å². The molecule has 0 spiro atoms. The van der Waals surface area contributed by atoms with Gasteiger partial charge in [-0.1, -0.05) is 42.5 Å². The van der Waals surface area contributed by atoms with Crippen LogP contribution in [0, 0.1) is 7.14 Å². The second kappa shape index (κ2) is 11.5. The smallest absolute Gasteiger partial charge is 0.271 e. The fourth-order valence-corrected chi connectivity index (χ4v) is 5.72. The lowest BCUT2D eigenvalue weighted by Crippen LogP contribution is -2.17. The molecule has 0 aliphatic carbocycles. The van der Waals surface area contributed by atoms with Gasteiger partial charge in [-0.15, -0.1) is 0 Å². The third-order valence-electron chi connectivity index (χ3n) is 5.07. The lowest BCUT2D eigenvalue weighted by atomic mass is 10.1. The van der Waals surface area contributed by atoms with Crippen molar-refractivity contribution < 1.29 is 14.3 Å². The molecule has 0 fully saturated rings. The van der Waals surface area contributed by atoms with Crippen LogP contribution in [0.2, 0.25) is 0 Å². The molecule has 0 radical (unpaired) electrons. The number of ether oxygens (including phenoxy) is 2. The Morgan fingerprint density at radius 2 is 1.82 bits per heavy atom. The molecule has 0 aliphatic rings. The van der Waals surface area contributed by atoms with Crippen LogP contribution in [0.1, 0.15) is 21.5 Å². The summed E-state index contributed by atoms with van der Waals surface area (Å²) in [7, 11) is 1.58. The summed E-state index contributed by atoms with van der Waals surface area (Å²) in [6.45, 7) is 0.457. The number of carbonyl (C=O) groups is 1. The van der Waals surface area contributed by atoms with Gasteiger partial charge >= 0.3 is 0 Å². The summed E-state index contributed by atoms with van der Waals surface area (Å²) in [5.41, 5.74) is 4.99. The van der Waals surface area contributed by atoms with E-state index in [2.05, 4.69) is 95.9 Å². The summed E-state index contributed by atoms with van der Waals surface area (Å²) < 4.78 is 14.1. The zero-order valence-electron chi connectivity index (χ0n) is 18.0. The van der Waals surface area contributed by atoms with Crippen molar-refractivity contribution in [3.8, 4) is 11.5 Å². The minimum Gasteiger partial charge on any atom is -0.496 e. The molecule has 1 N–H and O–H groups in total. The van der Waals surface area contributed by atoms with Gasteiger partial charge < -0.3 is 9.47 Å². The van der Waals surface area contributed by atoms with Gasteiger partial charge in [-0.05, 0) is 113 Å². The second-order valence-electron chi connectivity index (χ2n) is 7.29. The summed E-state index contributed by atoms with van der Waals surface area (Å²) >= 11 is 8.00. The van der Waals surface area contributed by atoms with E-state index >= 15 is 0 Å². The maximum atomic E-state index is 12.4. The number of hydrogen-bond donors (Lipinski definition) is 1. The zero-order chi connectivity index (χ0) is 24.1. The van der Waals surface area contributed by atoms with E-state index in [-0.39, 0.29) is 5.91 Å². The van der Waals surface area contributed by atoms with Gasteiger partial charge in [0.05, 0.1) is 24.9 Å². The molecule has 4 rings (SSSR count). The molecule has 172 valence electrons. The Kier molecular flexibility index (Phi) is 8.43. The van der Waals surface area contributed by atoms with E-state index in [9.17, 15) is 4.79 Å². The third kappa shape index (κ3) is 5.89. The van der Waals surface area contributed by atoms with Crippen LogP contribution in [0.4, 0.5) is 0 Å². The molecule has 0 bridgehead atoms. The van der Waals surface area contributed by atoms with Gasteiger partial charge in [0, 0.05) is 5.56 Å². The lowest BCUT2D eigenvalue weighted by molar-refractivity contribution is 0.0954. The minimum absolute atomic E-state index is 0.310. The molecule has 0 saturated heterocycles. The summed E-state index contributed by atoms with van der Waals surface area (Å²) in [6, 6.07) is 23.6. The first-order valence-electron chi connectivity index (χ1n) is 10.2. The highest BCUT2D eigenvalue weighted by atomic mass is 127. The van der Waals surface area contributed by atoms with Crippen LogP contribution < -0.4 is 14.9 Å². The summed E-state index contributed by atoms with van der Waals surface area (Å²) in [5.74, 6) is 1.10. The maximum absolute atomic E-state index is 12.4. The zero-order valence-corrected chi connectivity index (χ0v) is 23.9. The van der Waals surface area contributed by atoms with Crippen molar-refractivity contribution in [2.75, 3.05) is 7.11 Å². The van der Waals surface area contributed by atoms with Gasteiger partial charge in [-0.3, -0.25) is 4.79 Å². The van der Waals surface area contributed by atoms with Crippen LogP contribution in [0.15, 0.2) is 82.4 Å². The number of halogens is 3. The first kappa shape index (κ1) is 24.9. The van der Waals surface area contributed by atoms with Gasteiger partial charge in [-0.2, -0.15) is 5.10 Å². The van der Waals surface area contributed by atoms with Crippen molar-refractivity contribution >= 4 is 84.0 Å². The van der Waals surface area contributed by atoms with Crippen molar-refractivity contribution in [2.45, 2.75) is 6.61 Å². The Hall–Kier alpha value is -2.18.